The summed E-state index contributed by atoms with van der Waals surface area (Å²) >= 11 is 0. The first-order valence-corrected chi connectivity index (χ1v) is 3.56. The molecule has 0 heterocycles. The number of aliphatic imine (C=N–C) groups is 1. The van der Waals surface area contributed by atoms with E-state index in [2.05, 4.69) is 23.1 Å². The molecule has 0 aliphatic carbocycles. The average Bonchev–Trinajstić information content (AvgIpc) is 2.06. The number of rotatable bonds is 3. The first-order chi connectivity index (χ1) is 5.36. The summed E-state index contributed by atoms with van der Waals surface area (Å²) in [5.74, 6) is 0. The zero-order valence-electron chi connectivity index (χ0n) is 6.67. The number of benzene rings is 1. The summed E-state index contributed by atoms with van der Waals surface area (Å²) in [6.07, 6.45) is 0. The maximum absolute atomic E-state index is 3.80. The predicted octanol–water partition coefficient (Wildman–Crippen LogP) is 1.93. The van der Waals surface area contributed by atoms with Gasteiger partial charge in [0, 0.05) is 12.7 Å². The molecule has 0 aliphatic rings. The lowest BCUT2D eigenvalue weighted by atomic mass is 10.2. The molecule has 1 aromatic rings. The van der Waals surface area contributed by atoms with E-state index >= 15 is 0 Å². The Kier molecular flexibility index (Phi) is 2.66. The van der Waals surface area contributed by atoms with Gasteiger partial charge in [-0.3, -0.25) is 4.99 Å². The molecule has 0 amide bonds. The number of nitrogens with one attached hydrogen (secondary N) is 1. The molecule has 0 aliphatic heterocycles. The fraction of sp³-hybridized carbons (Fsp3) is 0.222. The molecular formula is C9H12N2. The smallest absolute Gasteiger partial charge is 0.0633 e. The number of hydrogen-bond donors (Lipinski definition) is 1. The fourth-order valence-corrected chi connectivity index (χ4v) is 0.954. The minimum absolute atomic E-state index is 0.690. The van der Waals surface area contributed by atoms with Crippen molar-refractivity contribution < 1.29 is 0 Å². The third-order valence-electron chi connectivity index (χ3n) is 1.51. The summed E-state index contributed by atoms with van der Waals surface area (Å²) in [5, 5.41) is 3.06. The lowest BCUT2D eigenvalue weighted by Gasteiger charge is -2.00. The normalized spacial score (nSPS) is 9.18. The third-order valence-corrected chi connectivity index (χ3v) is 1.51. The standard InChI is InChI=1S/C9H12N2/c1-10-7-8-4-3-5-9(6-8)11-2/h3-6,11H,1,7H2,2H3. The Morgan fingerprint density at radius 1 is 1.55 bits per heavy atom. The summed E-state index contributed by atoms with van der Waals surface area (Å²) < 4.78 is 0. The van der Waals surface area contributed by atoms with E-state index in [-0.39, 0.29) is 0 Å². The highest BCUT2D eigenvalue weighted by atomic mass is 14.8. The van der Waals surface area contributed by atoms with Gasteiger partial charge in [-0.05, 0) is 24.4 Å². The zero-order chi connectivity index (χ0) is 8.10. The highest BCUT2D eigenvalue weighted by Crippen LogP contribution is 2.09. The van der Waals surface area contributed by atoms with Gasteiger partial charge in [0.25, 0.3) is 0 Å². The molecule has 2 heteroatoms. The minimum atomic E-state index is 0.690. The largest absolute Gasteiger partial charge is 0.388 e. The molecule has 1 aromatic carbocycles. The summed E-state index contributed by atoms with van der Waals surface area (Å²) in [6.45, 7) is 4.13. The van der Waals surface area contributed by atoms with Crippen molar-refractivity contribution in [2.45, 2.75) is 6.54 Å². The van der Waals surface area contributed by atoms with Crippen molar-refractivity contribution in [1.82, 2.24) is 0 Å². The number of anilines is 1. The Hall–Kier alpha value is -1.31. The van der Waals surface area contributed by atoms with Crippen molar-refractivity contribution >= 4 is 12.4 Å². The lowest BCUT2D eigenvalue weighted by Crippen LogP contribution is -1.88. The van der Waals surface area contributed by atoms with Gasteiger partial charge in [-0.15, -0.1) is 0 Å². The van der Waals surface area contributed by atoms with Gasteiger partial charge in [0.1, 0.15) is 0 Å². The molecule has 0 fully saturated rings. The van der Waals surface area contributed by atoms with E-state index in [0.29, 0.717) is 6.54 Å². The molecule has 0 saturated carbocycles. The van der Waals surface area contributed by atoms with Crippen molar-refractivity contribution in [2.24, 2.45) is 4.99 Å². The molecule has 0 atom stereocenters. The van der Waals surface area contributed by atoms with Crippen LogP contribution in [0.25, 0.3) is 0 Å². The SMILES string of the molecule is C=NCc1cccc(NC)c1. The number of nitrogens with zero attached hydrogens (tertiary/aromatic N) is 1. The molecule has 1 N–H and O–H groups in total. The molecule has 0 saturated heterocycles. The summed E-state index contributed by atoms with van der Waals surface area (Å²) in [6, 6.07) is 8.13. The van der Waals surface area contributed by atoms with Gasteiger partial charge in [0.15, 0.2) is 0 Å². The maximum atomic E-state index is 3.80. The van der Waals surface area contributed by atoms with Crippen molar-refractivity contribution in [2.75, 3.05) is 12.4 Å². The second kappa shape index (κ2) is 3.76. The van der Waals surface area contributed by atoms with Crippen LogP contribution in [0.2, 0.25) is 0 Å². The van der Waals surface area contributed by atoms with E-state index in [1.165, 1.54) is 5.56 Å². The summed E-state index contributed by atoms with van der Waals surface area (Å²) in [4.78, 5) is 3.80. The molecule has 11 heavy (non-hydrogen) atoms. The second-order valence-corrected chi connectivity index (χ2v) is 2.33. The Morgan fingerprint density at radius 2 is 2.36 bits per heavy atom. The number of hydrogen-bond acceptors (Lipinski definition) is 2. The molecule has 0 unspecified atom stereocenters. The van der Waals surface area contributed by atoms with Crippen LogP contribution in [-0.4, -0.2) is 13.8 Å². The van der Waals surface area contributed by atoms with Gasteiger partial charge in [-0.25, -0.2) is 0 Å². The molecule has 0 radical (unpaired) electrons. The quantitative estimate of drug-likeness (QED) is 0.651. The molecule has 0 aromatic heterocycles. The van der Waals surface area contributed by atoms with Crippen molar-refractivity contribution in [3.63, 3.8) is 0 Å². The minimum Gasteiger partial charge on any atom is -0.388 e. The molecular weight excluding hydrogens is 136 g/mol. The van der Waals surface area contributed by atoms with Crippen LogP contribution in [0.1, 0.15) is 5.56 Å². The van der Waals surface area contributed by atoms with E-state index in [1.54, 1.807) is 0 Å². The van der Waals surface area contributed by atoms with Gasteiger partial charge in [0.05, 0.1) is 6.54 Å². The van der Waals surface area contributed by atoms with Gasteiger partial charge >= 0.3 is 0 Å². The lowest BCUT2D eigenvalue weighted by molar-refractivity contribution is 1.08. The van der Waals surface area contributed by atoms with Gasteiger partial charge < -0.3 is 5.32 Å². The summed E-state index contributed by atoms with van der Waals surface area (Å²) in [5.41, 5.74) is 2.30. The van der Waals surface area contributed by atoms with Gasteiger partial charge in [0.2, 0.25) is 0 Å². The van der Waals surface area contributed by atoms with Crippen LogP contribution in [0.3, 0.4) is 0 Å². The van der Waals surface area contributed by atoms with Crippen LogP contribution in [0.5, 0.6) is 0 Å². The van der Waals surface area contributed by atoms with Crippen molar-refractivity contribution in [3.05, 3.63) is 29.8 Å². The molecule has 0 spiro atoms. The van der Waals surface area contributed by atoms with Crippen LogP contribution >= 0.6 is 0 Å². The van der Waals surface area contributed by atoms with Crippen LogP contribution < -0.4 is 5.32 Å². The van der Waals surface area contributed by atoms with Crippen LogP contribution in [-0.2, 0) is 6.54 Å². The van der Waals surface area contributed by atoms with Gasteiger partial charge in [-0.2, -0.15) is 0 Å². The fourth-order valence-electron chi connectivity index (χ4n) is 0.954. The maximum Gasteiger partial charge on any atom is 0.0633 e. The predicted molar refractivity (Wildman–Crippen MR) is 49.2 cm³/mol. The second-order valence-electron chi connectivity index (χ2n) is 2.33. The zero-order valence-corrected chi connectivity index (χ0v) is 6.67. The summed E-state index contributed by atoms with van der Waals surface area (Å²) in [7, 11) is 1.90. The highest BCUT2D eigenvalue weighted by molar-refractivity contribution is 5.45. The Morgan fingerprint density at radius 3 is 3.00 bits per heavy atom. The monoisotopic (exact) mass is 148 g/mol. The van der Waals surface area contributed by atoms with E-state index < -0.39 is 0 Å². The molecule has 1 rings (SSSR count). The molecule has 0 bridgehead atoms. The van der Waals surface area contributed by atoms with Crippen LogP contribution in [0.4, 0.5) is 5.69 Å². The Bertz CT molecular complexity index is 243. The van der Waals surface area contributed by atoms with Crippen molar-refractivity contribution in [1.29, 1.82) is 0 Å². The van der Waals surface area contributed by atoms with Crippen molar-refractivity contribution in [3.8, 4) is 0 Å². The Labute approximate surface area is 67.0 Å². The van der Waals surface area contributed by atoms with Crippen LogP contribution in [0.15, 0.2) is 29.3 Å². The van der Waals surface area contributed by atoms with E-state index in [4.69, 9.17) is 0 Å². The van der Waals surface area contributed by atoms with Gasteiger partial charge in [-0.1, -0.05) is 12.1 Å². The van der Waals surface area contributed by atoms with Crippen LogP contribution in [0, 0.1) is 0 Å². The highest BCUT2D eigenvalue weighted by Gasteiger charge is 1.90. The average molecular weight is 148 g/mol. The molecule has 58 valence electrons. The van der Waals surface area contributed by atoms with E-state index in [1.807, 2.05) is 25.2 Å². The van der Waals surface area contributed by atoms with E-state index in [0.717, 1.165) is 5.69 Å². The third kappa shape index (κ3) is 2.08. The first-order valence-electron chi connectivity index (χ1n) is 3.56. The van der Waals surface area contributed by atoms with E-state index in [9.17, 15) is 0 Å². The first kappa shape index (κ1) is 7.79. The topological polar surface area (TPSA) is 24.4 Å². The Balaban J connectivity index is 2.82. The molecule has 2 nitrogen and oxygen atoms in total.